The Morgan fingerprint density at radius 3 is 2.65 bits per heavy atom. The number of nitrogens with two attached hydrogens (primary N) is 1. The predicted molar refractivity (Wildman–Crippen MR) is 75.1 cm³/mol. The standard InChI is InChI=1S/C14H16Cl2F3N/c15-11-3-4-12(16)9(6-11)7-13(20)5-1-2-10(8-13)14(17,18)19/h3-4,6,10H,1-2,5,7-8,20H2. The molecular formula is C14H16Cl2F3N. The van der Waals surface area contributed by atoms with Crippen LogP contribution in [0.25, 0.3) is 0 Å². The molecule has 0 amide bonds. The molecule has 6 heteroatoms. The Morgan fingerprint density at radius 2 is 2.00 bits per heavy atom. The molecule has 2 unspecified atom stereocenters. The van der Waals surface area contributed by atoms with Crippen LogP contribution < -0.4 is 5.73 Å². The van der Waals surface area contributed by atoms with Crippen molar-refractivity contribution in [2.45, 2.75) is 43.8 Å². The van der Waals surface area contributed by atoms with E-state index < -0.39 is 17.6 Å². The van der Waals surface area contributed by atoms with Gasteiger partial charge in [0.15, 0.2) is 0 Å². The minimum absolute atomic E-state index is 0.0562. The van der Waals surface area contributed by atoms with Gasteiger partial charge in [-0.05, 0) is 49.4 Å². The van der Waals surface area contributed by atoms with E-state index in [-0.39, 0.29) is 12.8 Å². The lowest BCUT2D eigenvalue weighted by Gasteiger charge is -2.39. The van der Waals surface area contributed by atoms with E-state index in [1.165, 1.54) is 0 Å². The molecule has 0 spiro atoms. The fourth-order valence-corrected chi connectivity index (χ4v) is 3.27. The number of hydrogen-bond donors (Lipinski definition) is 1. The molecule has 1 fully saturated rings. The molecule has 0 radical (unpaired) electrons. The molecule has 2 rings (SSSR count). The van der Waals surface area contributed by atoms with Crippen LogP contribution in [0.1, 0.15) is 31.2 Å². The average molecular weight is 326 g/mol. The highest BCUT2D eigenvalue weighted by molar-refractivity contribution is 6.33. The minimum Gasteiger partial charge on any atom is -0.325 e. The maximum Gasteiger partial charge on any atom is 0.391 e. The summed E-state index contributed by atoms with van der Waals surface area (Å²) in [5.74, 6) is -1.32. The molecule has 1 aliphatic rings. The molecule has 1 nitrogen and oxygen atoms in total. The molecule has 0 aliphatic heterocycles. The van der Waals surface area contributed by atoms with Gasteiger partial charge in [0.25, 0.3) is 0 Å². The minimum atomic E-state index is -4.18. The zero-order chi connectivity index (χ0) is 15.0. The van der Waals surface area contributed by atoms with Gasteiger partial charge in [0.05, 0.1) is 5.92 Å². The number of alkyl halides is 3. The first-order valence-corrected chi connectivity index (χ1v) is 7.25. The van der Waals surface area contributed by atoms with E-state index in [1.807, 2.05) is 0 Å². The summed E-state index contributed by atoms with van der Waals surface area (Å²) in [5.41, 5.74) is 6.04. The molecule has 1 saturated carbocycles. The van der Waals surface area contributed by atoms with Gasteiger partial charge in [0.2, 0.25) is 0 Å². The molecular weight excluding hydrogens is 310 g/mol. The maximum absolute atomic E-state index is 12.9. The van der Waals surface area contributed by atoms with E-state index in [9.17, 15) is 13.2 Å². The third-order valence-corrected chi connectivity index (χ3v) is 4.50. The molecule has 1 aromatic carbocycles. The number of hydrogen-bond acceptors (Lipinski definition) is 1. The van der Waals surface area contributed by atoms with Crippen LogP contribution in [0.4, 0.5) is 13.2 Å². The van der Waals surface area contributed by atoms with E-state index in [4.69, 9.17) is 28.9 Å². The summed E-state index contributed by atoms with van der Waals surface area (Å²) in [6, 6.07) is 4.97. The van der Waals surface area contributed by atoms with Gasteiger partial charge in [-0.25, -0.2) is 0 Å². The van der Waals surface area contributed by atoms with Gasteiger partial charge in [-0.15, -0.1) is 0 Å². The van der Waals surface area contributed by atoms with Crippen molar-refractivity contribution < 1.29 is 13.2 Å². The summed E-state index contributed by atoms with van der Waals surface area (Å²) in [6.07, 6.45) is -2.70. The van der Waals surface area contributed by atoms with E-state index >= 15 is 0 Å². The van der Waals surface area contributed by atoms with Crippen molar-refractivity contribution in [3.8, 4) is 0 Å². The monoisotopic (exact) mass is 325 g/mol. The summed E-state index contributed by atoms with van der Waals surface area (Å²) >= 11 is 12.0. The molecule has 0 bridgehead atoms. The second-order valence-corrected chi connectivity index (χ2v) is 6.45. The van der Waals surface area contributed by atoms with E-state index in [2.05, 4.69) is 0 Å². The molecule has 0 saturated heterocycles. The first-order chi connectivity index (χ1) is 9.20. The van der Waals surface area contributed by atoms with E-state index in [0.717, 1.165) is 0 Å². The van der Waals surface area contributed by atoms with Crippen molar-refractivity contribution in [2.24, 2.45) is 11.7 Å². The Bertz CT molecular complexity index is 490. The second kappa shape index (κ2) is 5.74. The van der Waals surface area contributed by atoms with Crippen molar-refractivity contribution in [2.75, 3.05) is 0 Å². The van der Waals surface area contributed by atoms with Crippen LogP contribution in [-0.2, 0) is 6.42 Å². The molecule has 1 aromatic rings. The summed E-state index contributed by atoms with van der Waals surface area (Å²) < 4.78 is 38.6. The second-order valence-electron chi connectivity index (χ2n) is 5.61. The van der Waals surface area contributed by atoms with Crippen LogP contribution in [0, 0.1) is 5.92 Å². The van der Waals surface area contributed by atoms with Crippen LogP contribution in [0.15, 0.2) is 18.2 Å². The highest BCUT2D eigenvalue weighted by atomic mass is 35.5. The third kappa shape index (κ3) is 3.80. The van der Waals surface area contributed by atoms with Crippen molar-refractivity contribution >= 4 is 23.2 Å². The van der Waals surface area contributed by atoms with Gasteiger partial charge in [-0.3, -0.25) is 0 Å². The summed E-state index contributed by atoms with van der Waals surface area (Å²) in [7, 11) is 0. The van der Waals surface area contributed by atoms with Crippen molar-refractivity contribution in [3.05, 3.63) is 33.8 Å². The normalized spacial score (nSPS) is 27.6. The topological polar surface area (TPSA) is 26.0 Å². The smallest absolute Gasteiger partial charge is 0.325 e. The third-order valence-electron chi connectivity index (χ3n) is 3.89. The number of benzene rings is 1. The Balaban J connectivity index is 2.16. The van der Waals surface area contributed by atoms with Crippen LogP contribution >= 0.6 is 23.2 Å². The van der Waals surface area contributed by atoms with Crippen LogP contribution in [0.5, 0.6) is 0 Å². The van der Waals surface area contributed by atoms with Gasteiger partial charge in [0.1, 0.15) is 0 Å². The van der Waals surface area contributed by atoms with Crippen molar-refractivity contribution in [1.82, 2.24) is 0 Å². The summed E-state index contributed by atoms with van der Waals surface area (Å²) in [4.78, 5) is 0. The van der Waals surface area contributed by atoms with E-state index in [0.29, 0.717) is 34.9 Å². The molecule has 0 heterocycles. The van der Waals surface area contributed by atoms with Crippen LogP contribution in [-0.4, -0.2) is 11.7 Å². The maximum atomic E-state index is 12.9. The molecule has 0 aromatic heterocycles. The van der Waals surface area contributed by atoms with E-state index in [1.54, 1.807) is 18.2 Å². The highest BCUT2D eigenvalue weighted by Crippen LogP contribution is 2.42. The number of rotatable bonds is 2. The lowest BCUT2D eigenvalue weighted by atomic mass is 9.73. The van der Waals surface area contributed by atoms with Crippen molar-refractivity contribution in [1.29, 1.82) is 0 Å². The molecule has 2 N–H and O–H groups in total. The SMILES string of the molecule is NC1(Cc2cc(Cl)ccc2Cl)CCCC(C(F)(F)F)C1. The number of halogens is 5. The average Bonchev–Trinajstić information content (AvgIpc) is 2.32. The zero-order valence-corrected chi connectivity index (χ0v) is 12.3. The lowest BCUT2D eigenvalue weighted by Crippen LogP contribution is -2.49. The first kappa shape index (κ1) is 15.9. The summed E-state index contributed by atoms with van der Waals surface area (Å²) in [6.45, 7) is 0. The fraction of sp³-hybridized carbons (Fsp3) is 0.571. The van der Waals surface area contributed by atoms with Gasteiger partial charge in [0, 0.05) is 15.6 Å². The molecule has 1 aliphatic carbocycles. The first-order valence-electron chi connectivity index (χ1n) is 6.49. The molecule has 2 atom stereocenters. The Morgan fingerprint density at radius 1 is 1.30 bits per heavy atom. The van der Waals surface area contributed by atoms with Gasteiger partial charge >= 0.3 is 6.18 Å². The van der Waals surface area contributed by atoms with Crippen LogP contribution in [0.2, 0.25) is 10.0 Å². The Kier molecular flexibility index (Phi) is 4.57. The quantitative estimate of drug-likeness (QED) is 0.814. The van der Waals surface area contributed by atoms with Crippen LogP contribution in [0.3, 0.4) is 0 Å². The van der Waals surface area contributed by atoms with Crippen molar-refractivity contribution in [3.63, 3.8) is 0 Å². The van der Waals surface area contributed by atoms with Gasteiger partial charge in [-0.2, -0.15) is 13.2 Å². The van der Waals surface area contributed by atoms with Gasteiger partial charge < -0.3 is 5.73 Å². The lowest BCUT2D eigenvalue weighted by molar-refractivity contribution is -0.187. The predicted octanol–water partition coefficient (Wildman–Crippen LogP) is 4.99. The molecule has 112 valence electrons. The fourth-order valence-electron chi connectivity index (χ4n) is 2.89. The summed E-state index contributed by atoms with van der Waals surface area (Å²) in [5, 5.41) is 1.00. The largest absolute Gasteiger partial charge is 0.391 e. The highest BCUT2D eigenvalue weighted by Gasteiger charge is 2.46. The Labute approximate surface area is 126 Å². The van der Waals surface area contributed by atoms with Gasteiger partial charge in [-0.1, -0.05) is 29.6 Å². The molecule has 20 heavy (non-hydrogen) atoms. The zero-order valence-electron chi connectivity index (χ0n) is 10.8. The Hall–Kier alpha value is -0.450.